The molecule has 1 rings (SSSR count). The van der Waals surface area contributed by atoms with Gasteiger partial charge in [0.05, 0.1) is 14.2 Å². The topological polar surface area (TPSA) is 72.0 Å². The first-order valence-electron chi connectivity index (χ1n) is 8.29. The third-order valence-corrected chi connectivity index (χ3v) is 4.07. The van der Waals surface area contributed by atoms with Crippen LogP contribution in [-0.2, 0) is 11.3 Å². The van der Waals surface area contributed by atoms with E-state index < -0.39 is 5.97 Å². The van der Waals surface area contributed by atoms with Crippen LogP contribution in [0.1, 0.15) is 42.6 Å². The highest BCUT2D eigenvalue weighted by molar-refractivity contribution is 5.92. The number of carbonyl (C=O) groups excluding carboxylic acids is 1. The average Bonchev–Trinajstić information content (AvgIpc) is 2.63. The summed E-state index contributed by atoms with van der Waals surface area (Å²) in [5.41, 5.74) is 1.36. The summed E-state index contributed by atoms with van der Waals surface area (Å²) in [6.45, 7) is 5.83. The van der Waals surface area contributed by atoms with Gasteiger partial charge in [-0.3, -0.25) is 4.99 Å². The lowest BCUT2D eigenvalue weighted by Crippen LogP contribution is -2.39. The van der Waals surface area contributed by atoms with Crippen LogP contribution in [0.4, 0.5) is 0 Å². The molecule has 0 bridgehead atoms. The second-order valence-corrected chi connectivity index (χ2v) is 5.52. The molecule has 6 heteroatoms. The number of hydrogen-bond donors (Lipinski definition) is 2. The number of ether oxygens (including phenoxy) is 2. The summed E-state index contributed by atoms with van der Waals surface area (Å²) in [5, 5.41) is 6.59. The van der Waals surface area contributed by atoms with Crippen molar-refractivity contribution in [3.63, 3.8) is 0 Å². The molecule has 24 heavy (non-hydrogen) atoms. The van der Waals surface area contributed by atoms with Gasteiger partial charge in [0, 0.05) is 20.1 Å². The first kappa shape index (κ1) is 19.8. The van der Waals surface area contributed by atoms with Crippen molar-refractivity contribution in [2.24, 2.45) is 10.9 Å². The first-order chi connectivity index (χ1) is 11.6. The van der Waals surface area contributed by atoms with Crippen LogP contribution in [0, 0.1) is 5.92 Å². The number of guanidine groups is 1. The maximum atomic E-state index is 11.8. The largest absolute Gasteiger partial charge is 0.496 e. The van der Waals surface area contributed by atoms with Crippen LogP contribution in [0.3, 0.4) is 0 Å². The summed E-state index contributed by atoms with van der Waals surface area (Å²) in [5.74, 6) is 1.47. The van der Waals surface area contributed by atoms with E-state index in [1.54, 1.807) is 19.2 Å². The van der Waals surface area contributed by atoms with Crippen molar-refractivity contribution >= 4 is 11.9 Å². The predicted molar refractivity (Wildman–Crippen MR) is 96.6 cm³/mol. The van der Waals surface area contributed by atoms with Gasteiger partial charge in [0.25, 0.3) is 0 Å². The molecule has 0 atom stereocenters. The van der Waals surface area contributed by atoms with E-state index in [4.69, 9.17) is 9.47 Å². The van der Waals surface area contributed by atoms with Crippen molar-refractivity contribution in [1.82, 2.24) is 10.6 Å². The van der Waals surface area contributed by atoms with E-state index in [9.17, 15) is 4.79 Å². The summed E-state index contributed by atoms with van der Waals surface area (Å²) < 4.78 is 10.00. The normalized spacial score (nSPS) is 11.3. The van der Waals surface area contributed by atoms with Gasteiger partial charge in [0.15, 0.2) is 5.96 Å². The van der Waals surface area contributed by atoms with Gasteiger partial charge >= 0.3 is 5.97 Å². The van der Waals surface area contributed by atoms with Crippen molar-refractivity contribution < 1.29 is 14.3 Å². The fourth-order valence-electron chi connectivity index (χ4n) is 2.36. The van der Waals surface area contributed by atoms with Crippen LogP contribution in [0.25, 0.3) is 0 Å². The Bertz CT molecular complexity index is 554. The van der Waals surface area contributed by atoms with Crippen LogP contribution in [0.15, 0.2) is 23.2 Å². The molecule has 0 fully saturated rings. The molecule has 0 aromatic heterocycles. The highest BCUT2D eigenvalue weighted by atomic mass is 16.5. The highest BCUT2D eigenvalue weighted by Gasteiger charge is 2.13. The molecule has 134 valence electrons. The van der Waals surface area contributed by atoms with Gasteiger partial charge in [0.2, 0.25) is 0 Å². The van der Waals surface area contributed by atoms with Gasteiger partial charge in [-0.1, -0.05) is 32.8 Å². The quantitative estimate of drug-likeness (QED) is 0.434. The van der Waals surface area contributed by atoms with Crippen molar-refractivity contribution in [2.45, 2.75) is 33.2 Å². The zero-order valence-electron chi connectivity index (χ0n) is 15.3. The van der Waals surface area contributed by atoms with Crippen LogP contribution in [-0.4, -0.2) is 39.7 Å². The lowest BCUT2D eigenvalue weighted by atomic mass is 10.0. The lowest BCUT2D eigenvalue weighted by Gasteiger charge is -2.17. The van der Waals surface area contributed by atoms with E-state index in [2.05, 4.69) is 29.5 Å². The number of aliphatic imine (C=N–C) groups is 1. The molecule has 1 aromatic rings. The van der Waals surface area contributed by atoms with E-state index in [0.717, 1.165) is 30.9 Å². The number of carbonyl (C=O) groups is 1. The van der Waals surface area contributed by atoms with Gasteiger partial charge in [0.1, 0.15) is 11.3 Å². The van der Waals surface area contributed by atoms with E-state index in [0.29, 0.717) is 23.8 Å². The van der Waals surface area contributed by atoms with Crippen LogP contribution < -0.4 is 15.4 Å². The third kappa shape index (κ3) is 5.76. The van der Waals surface area contributed by atoms with Gasteiger partial charge < -0.3 is 20.1 Å². The van der Waals surface area contributed by atoms with Crippen molar-refractivity contribution in [3.8, 4) is 5.75 Å². The second kappa shape index (κ2) is 10.5. The molecule has 0 spiro atoms. The number of benzene rings is 1. The van der Waals surface area contributed by atoms with E-state index in [1.807, 2.05) is 6.07 Å². The standard InChI is InChI=1S/C18H29N3O3/c1-6-13(7-2)11-20-18(19-3)21-12-14-8-9-16(23-4)15(10-14)17(22)24-5/h8-10,13H,6-7,11-12H2,1-5H3,(H2,19,20,21). The van der Waals surface area contributed by atoms with Gasteiger partial charge in [-0.25, -0.2) is 4.79 Å². The molecular formula is C18H29N3O3. The first-order valence-corrected chi connectivity index (χ1v) is 8.29. The molecular weight excluding hydrogens is 306 g/mol. The molecule has 0 aliphatic rings. The molecule has 0 unspecified atom stereocenters. The van der Waals surface area contributed by atoms with E-state index in [1.165, 1.54) is 14.2 Å². The Hall–Kier alpha value is -2.24. The Kier molecular flexibility index (Phi) is 8.68. The number of hydrogen-bond acceptors (Lipinski definition) is 4. The van der Waals surface area contributed by atoms with Crippen LogP contribution in [0.5, 0.6) is 5.75 Å². The molecule has 2 N–H and O–H groups in total. The van der Waals surface area contributed by atoms with Crippen molar-refractivity contribution in [2.75, 3.05) is 27.8 Å². The monoisotopic (exact) mass is 335 g/mol. The summed E-state index contributed by atoms with van der Waals surface area (Å²) >= 11 is 0. The third-order valence-electron chi connectivity index (χ3n) is 4.07. The van der Waals surface area contributed by atoms with Crippen LogP contribution in [0.2, 0.25) is 0 Å². The second-order valence-electron chi connectivity index (χ2n) is 5.52. The van der Waals surface area contributed by atoms with Gasteiger partial charge in [-0.2, -0.15) is 0 Å². The van der Waals surface area contributed by atoms with Gasteiger partial charge in [-0.15, -0.1) is 0 Å². The predicted octanol–water partition coefficient (Wildman–Crippen LogP) is 2.58. The Morgan fingerprint density at radius 3 is 2.46 bits per heavy atom. The highest BCUT2D eigenvalue weighted by Crippen LogP contribution is 2.20. The molecule has 0 radical (unpaired) electrons. The zero-order chi connectivity index (χ0) is 17.9. The molecule has 0 aliphatic carbocycles. The molecule has 0 amide bonds. The lowest BCUT2D eigenvalue weighted by molar-refractivity contribution is 0.0597. The zero-order valence-corrected chi connectivity index (χ0v) is 15.3. The maximum absolute atomic E-state index is 11.8. The molecule has 1 aromatic carbocycles. The Morgan fingerprint density at radius 1 is 1.21 bits per heavy atom. The maximum Gasteiger partial charge on any atom is 0.341 e. The van der Waals surface area contributed by atoms with E-state index in [-0.39, 0.29) is 0 Å². The molecule has 0 saturated heterocycles. The fourth-order valence-corrected chi connectivity index (χ4v) is 2.36. The van der Waals surface area contributed by atoms with Crippen LogP contribution >= 0.6 is 0 Å². The minimum absolute atomic E-state index is 0.412. The number of esters is 1. The minimum atomic E-state index is -0.412. The van der Waals surface area contributed by atoms with Crippen molar-refractivity contribution in [3.05, 3.63) is 29.3 Å². The Morgan fingerprint density at radius 2 is 1.92 bits per heavy atom. The van der Waals surface area contributed by atoms with Crippen molar-refractivity contribution in [1.29, 1.82) is 0 Å². The summed E-state index contributed by atoms with van der Waals surface area (Å²) in [6, 6.07) is 5.45. The molecule has 6 nitrogen and oxygen atoms in total. The Labute approximate surface area is 144 Å². The molecule has 0 saturated carbocycles. The average molecular weight is 335 g/mol. The number of nitrogens with zero attached hydrogens (tertiary/aromatic N) is 1. The number of methoxy groups -OCH3 is 2. The van der Waals surface area contributed by atoms with Gasteiger partial charge in [-0.05, 0) is 23.6 Å². The number of rotatable bonds is 8. The number of nitrogens with one attached hydrogen (secondary N) is 2. The summed E-state index contributed by atoms with van der Waals surface area (Å²) in [7, 11) is 4.63. The fraction of sp³-hybridized carbons (Fsp3) is 0.556. The van der Waals surface area contributed by atoms with E-state index >= 15 is 0 Å². The molecule has 0 heterocycles. The molecule has 0 aliphatic heterocycles. The smallest absolute Gasteiger partial charge is 0.341 e. The Balaban J connectivity index is 2.70. The minimum Gasteiger partial charge on any atom is -0.496 e. The summed E-state index contributed by atoms with van der Waals surface area (Å²) in [6.07, 6.45) is 2.28. The SMILES string of the molecule is CCC(CC)CNC(=NC)NCc1ccc(OC)c(C(=O)OC)c1. The summed E-state index contributed by atoms with van der Waals surface area (Å²) in [4.78, 5) is 16.1.